The van der Waals surface area contributed by atoms with Crippen molar-refractivity contribution in [2.75, 3.05) is 0 Å². The molecule has 2 aromatic heterocycles. The van der Waals surface area contributed by atoms with Crippen molar-refractivity contribution in [3.63, 3.8) is 0 Å². The lowest BCUT2D eigenvalue weighted by Gasteiger charge is -2.17. The van der Waals surface area contributed by atoms with Crippen molar-refractivity contribution >= 4 is 11.4 Å². The quantitative estimate of drug-likeness (QED) is 0.929. The molecule has 2 saturated carbocycles. The van der Waals surface area contributed by atoms with E-state index in [1.54, 1.807) is 12.3 Å². The molecule has 4 nitrogen and oxygen atoms in total. The molecule has 0 unspecified atom stereocenters. The molecule has 1 N–H and O–H groups in total. The van der Waals surface area contributed by atoms with E-state index in [1.807, 2.05) is 0 Å². The van der Waals surface area contributed by atoms with Crippen molar-refractivity contribution in [1.82, 2.24) is 14.7 Å². The average Bonchev–Trinajstić information content (AvgIpc) is 3.34. The maximum atomic E-state index is 13.6. The molecular formula is C15H16FN3O. The molecule has 104 valence electrons. The maximum Gasteiger partial charge on any atom is 0.287 e. The van der Waals surface area contributed by atoms with Crippen LogP contribution in [0.4, 0.5) is 4.39 Å². The highest BCUT2D eigenvalue weighted by molar-refractivity contribution is 5.92. The zero-order valence-corrected chi connectivity index (χ0v) is 11.1. The maximum absolute atomic E-state index is 13.6. The van der Waals surface area contributed by atoms with Gasteiger partial charge < -0.3 is 5.32 Å². The van der Waals surface area contributed by atoms with Crippen LogP contribution in [0.3, 0.4) is 0 Å². The number of halogens is 1. The van der Waals surface area contributed by atoms with Gasteiger partial charge in [0.05, 0.1) is 6.20 Å². The van der Waals surface area contributed by atoms with Gasteiger partial charge in [0.15, 0.2) is 0 Å². The SMILES string of the molecule is O=C(NC(C1CC1)C1CC1)c1ncc2c(F)cccn12. The second-order valence-electron chi connectivity index (χ2n) is 5.87. The van der Waals surface area contributed by atoms with Gasteiger partial charge in [-0.2, -0.15) is 0 Å². The zero-order valence-electron chi connectivity index (χ0n) is 11.1. The van der Waals surface area contributed by atoms with E-state index in [-0.39, 0.29) is 23.6 Å². The Kier molecular flexibility index (Phi) is 2.55. The van der Waals surface area contributed by atoms with Gasteiger partial charge in [0.2, 0.25) is 5.82 Å². The lowest BCUT2D eigenvalue weighted by molar-refractivity contribution is 0.0915. The summed E-state index contributed by atoms with van der Waals surface area (Å²) in [4.78, 5) is 16.5. The molecule has 2 aliphatic rings. The first-order valence-corrected chi connectivity index (χ1v) is 7.16. The van der Waals surface area contributed by atoms with Gasteiger partial charge >= 0.3 is 0 Å². The molecule has 0 spiro atoms. The minimum absolute atomic E-state index is 0.195. The molecule has 2 fully saturated rings. The summed E-state index contributed by atoms with van der Waals surface area (Å²) in [5.41, 5.74) is 0.340. The van der Waals surface area contributed by atoms with E-state index >= 15 is 0 Å². The predicted octanol–water partition coefficient (Wildman–Crippen LogP) is 2.39. The zero-order chi connectivity index (χ0) is 13.7. The summed E-state index contributed by atoms with van der Waals surface area (Å²) in [6.45, 7) is 0. The van der Waals surface area contributed by atoms with Crippen LogP contribution in [-0.4, -0.2) is 21.3 Å². The molecule has 2 heterocycles. The second kappa shape index (κ2) is 4.30. The molecule has 0 bridgehead atoms. The Balaban J connectivity index is 1.61. The highest BCUT2D eigenvalue weighted by atomic mass is 19.1. The van der Waals surface area contributed by atoms with E-state index in [0.717, 1.165) is 0 Å². The van der Waals surface area contributed by atoms with E-state index in [0.29, 0.717) is 17.4 Å². The number of hydrogen-bond acceptors (Lipinski definition) is 2. The molecule has 2 aromatic rings. The van der Waals surface area contributed by atoms with Crippen molar-refractivity contribution < 1.29 is 9.18 Å². The van der Waals surface area contributed by atoms with E-state index in [4.69, 9.17) is 0 Å². The minimum atomic E-state index is -0.361. The van der Waals surface area contributed by atoms with Crippen LogP contribution in [0, 0.1) is 17.7 Å². The van der Waals surface area contributed by atoms with Gasteiger partial charge in [0.25, 0.3) is 5.91 Å². The van der Waals surface area contributed by atoms with Crippen LogP contribution in [-0.2, 0) is 0 Å². The van der Waals surface area contributed by atoms with Gasteiger partial charge in [-0.1, -0.05) is 0 Å². The van der Waals surface area contributed by atoms with E-state index < -0.39 is 0 Å². The molecule has 0 saturated heterocycles. The fraction of sp³-hybridized carbons (Fsp3) is 0.467. The normalized spacial score (nSPS) is 18.7. The van der Waals surface area contributed by atoms with Gasteiger partial charge in [0.1, 0.15) is 11.3 Å². The number of carbonyl (C=O) groups excluding carboxylic acids is 1. The van der Waals surface area contributed by atoms with Crippen LogP contribution in [0.1, 0.15) is 36.3 Å². The lowest BCUT2D eigenvalue weighted by Crippen LogP contribution is -2.38. The van der Waals surface area contributed by atoms with E-state index in [9.17, 15) is 9.18 Å². The van der Waals surface area contributed by atoms with Crippen molar-refractivity contribution in [3.8, 4) is 0 Å². The van der Waals surface area contributed by atoms with Crippen LogP contribution in [0.5, 0.6) is 0 Å². The van der Waals surface area contributed by atoms with Gasteiger partial charge in [-0.05, 0) is 49.7 Å². The summed E-state index contributed by atoms with van der Waals surface area (Å²) in [5, 5.41) is 3.11. The molecule has 0 atom stereocenters. The van der Waals surface area contributed by atoms with Crippen LogP contribution in [0.15, 0.2) is 24.5 Å². The molecule has 1 amide bonds. The Morgan fingerprint density at radius 2 is 2.05 bits per heavy atom. The van der Waals surface area contributed by atoms with Crippen molar-refractivity contribution in [1.29, 1.82) is 0 Å². The summed E-state index contributed by atoms with van der Waals surface area (Å²) >= 11 is 0. The third kappa shape index (κ3) is 1.97. The predicted molar refractivity (Wildman–Crippen MR) is 71.9 cm³/mol. The van der Waals surface area contributed by atoms with Crippen molar-refractivity contribution in [2.24, 2.45) is 11.8 Å². The van der Waals surface area contributed by atoms with Crippen LogP contribution < -0.4 is 5.32 Å². The number of nitrogens with one attached hydrogen (secondary N) is 1. The lowest BCUT2D eigenvalue weighted by atomic mass is 10.1. The molecule has 0 radical (unpaired) electrons. The number of fused-ring (bicyclic) bond motifs is 1. The van der Waals surface area contributed by atoms with Gasteiger partial charge in [-0.15, -0.1) is 0 Å². The van der Waals surface area contributed by atoms with Gasteiger partial charge in [0, 0.05) is 12.2 Å². The van der Waals surface area contributed by atoms with Gasteiger partial charge in [-0.3, -0.25) is 9.20 Å². The number of nitrogens with zero attached hydrogens (tertiary/aromatic N) is 2. The monoisotopic (exact) mass is 273 g/mol. The minimum Gasteiger partial charge on any atom is -0.346 e. The van der Waals surface area contributed by atoms with E-state index in [1.165, 1.54) is 42.3 Å². The molecule has 0 aromatic carbocycles. The second-order valence-corrected chi connectivity index (χ2v) is 5.87. The Labute approximate surface area is 116 Å². The Morgan fingerprint density at radius 3 is 2.70 bits per heavy atom. The van der Waals surface area contributed by atoms with Crippen LogP contribution in [0.25, 0.3) is 5.52 Å². The molecule has 20 heavy (non-hydrogen) atoms. The largest absolute Gasteiger partial charge is 0.346 e. The Morgan fingerprint density at radius 1 is 1.35 bits per heavy atom. The summed E-state index contributed by atoms with van der Waals surface area (Å²) in [6.07, 6.45) is 7.91. The van der Waals surface area contributed by atoms with E-state index in [2.05, 4.69) is 10.3 Å². The molecular weight excluding hydrogens is 257 g/mol. The van der Waals surface area contributed by atoms with Crippen molar-refractivity contribution in [2.45, 2.75) is 31.7 Å². The Bertz CT molecular complexity index is 661. The number of carbonyl (C=O) groups is 1. The third-order valence-electron chi connectivity index (χ3n) is 4.28. The summed E-state index contributed by atoms with van der Waals surface area (Å²) in [6, 6.07) is 3.24. The van der Waals surface area contributed by atoms with Gasteiger partial charge in [-0.25, -0.2) is 9.37 Å². The third-order valence-corrected chi connectivity index (χ3v) is 4.28. The summed E-state index contributed by atoms with van der Waals surface area (Å²) < 4.78 is 15.1. The topological polar surface area (TPSA) is 46.4 Å². The first kappa shape index (κ1) is 11.9. The highest BCUT2D eigenvalue weighted by Crippen LogP contribution is 2.44. The van der Waals surface area contributed by atoms with Crippen LogP contribution >= 0.6 is 0 Å². The smallest absolute Gasteiger partial charge is 0.287 e. The standard InChI is InChI=1S/C15H16FN3O/c16-11-2-1-7-19-12(11)8-17-14(19)15(20)18-13(9-3-4-9)10-5-6-10/h1-2,7-10,13H,3-6H2,(H,18,20). The van der Waals surface area contributed by atoms with Crippen molar-refractivity contribution in [3.05, 3.63) is 36.2 Å². The van der Waals surface area contributed by atoms with Crippen LogP contribution in [0.2, 0.25) is 0 Å². The fourth-order valence-electron chi connectivity index (χ4n) is 2.90. The fourth-order valence-corrected chi connectivity index (χ4v) is 2.90. The molecule has 4 rings (SSSR count). The molecule has 2 aliphatic carbocycles. The summed E-state index contributed by atoms with van der Waals surface area (Å²) in [5.74, 6) is 0.981. The first-order valence-electron chi connectivity index (χ1n) is 7.16. The number of hydrogen-bond donors (Lipinski definition) is 1. The average molecular weight is 273 g/mol. The summed E-state index contributed by atoms with van der Waals surface area (Å²) in [7, 11) is 0. The number of pyridine rings is 1. The number of rotatable bonds is 4. The highest BCUT2D eigenvalue weighted by Gasteiger charge is 2.42. The molecule has 0 aliphatic heterocycles. The Hall–Kier alpha value is -1.91. The first-order chi connectivity index (χ1) is 9.74. The number of aromatic nitrogens is 2. The number of amides is 1. The number of imidazole rings is 1. The molecule has 5 heteroatoms.